The molecule has 0 unspecified atom stereocenters. The van der Waals surface area contributed by atoms with Crippen molar-refractivity contribution in [2.45, 2.75) is 6.54 Å². The van der Waals surface area contributed by atoms with Crippen LogP contribution >= 0.6 is 22.7 Å². The number of thiazole rings is 1. The highest BCUT2D eigenvalue weighted by atomic mass is 32.1. The maximum absolute atomic E-state index is 12.0. The van der Waals surface area contributed by atoms with Crippen molar-refractivity contribution < 1.29 is 4.79 Å². The van der Waals surface area contributed by atoms with Gasteiger partial charge in [0, 0.05) is 12.1 Å². The second kappa shape index (κ2) is 6.55. The van der Waals surface area contributed by atoms with Crippen LogP contribution in [-0.2, 0) is 6.54 Å². The molecular weight excluding hydrogens is 336 g/mol. The van der Waals surface area contributed by atoms with Crippen LogP contribution in [0.1, 0.15) is 15.2 Å². The van der Waals surface area contributed by atoms with Crippen molar-refractivity contribution >= 4 is 38.8 Å². The molecule has 0 aliphatic carbocycles. The van der Waals surface area contributed by atoms with Crippen LogP contribution < -0.4 is 5.32 Å². The Morgan fingerprint density at radius 3 is 2.58 bits per heavy atom. The molecule has 2 heterocycles. The number of benzene rings is 2. The minimum atomic E-state index is -0.0275. The highest BCUT2D eigenvalue weighted by molar-refractivity contribution is 7.21. The SMILES string of the molecule is O=C(NCc1ccc(-c2nc3ccccc3s2)cc1)c1cccs1. The summed E-state index contributed by atoms with van der Waals surface area (Å²) in [6.45, 7) is 0.525. The molecule has 0 aliphatic rings. The van der Waals surface area contributed by atoms with Crippen molar-refractivity contribution in [3.63, 3.8) is 0 Å². The molecule has 1 amide bonds. The zero-order valence-electron chi connectivity index (χ0n) is 12.7. The normalized spacial score (nSPS) is 10.8. The van der Waals surface area contributed by atoms with Crippen LogP contribution in [0.3, 0.4) is 0 Å². The van der Waals surface area contributed by atoms with Crippen molar-refractivity contribution in [3.05, 3.63) is 76.5 Å². The Kier molecular flexibility index (Phi) is 4.11. The number of nitrogens with zero attached hydrogens (tertiary/aromatic N) is 1. The van der Waals surface area contributed by atoms with Crippen molar-refractivity contribution in [1.29, 1.82) is 0 Å². The van der Waals surface area contributed by atoms with E-state index in [1.54, 1.807) is 11.3 Å². The number of carbonyl (C=O) groups excluding carboxylic acids is 1. The maximum Gasteiger partial charge on any atom is 0.261 e. The third-order valence-electron chi connectivity index (χ3n) is 3.69. The van der Waals surface area contributed by atoms with Gasteiger partial charge in [-0.05, 0) is 29.1 Å². The Morgan fingerprint density at radius 2 is 1.83 bits per heavy atom. The second-order valence-electron chi connectivity index (χ2n) is 5.34. The molecule has 1 N–H and O–H groups in total. The number of amides is 1. The highest BCUT2D eigenvalue weighted by Crippen LogP contribution is 2.29. The van der Waals surface area contributed by atoms with E-state index in [1.807, 2.05) is 47.8 Å². The molecule has 2 aromatic heterocycles. The van der Waals surface area contributed by atoms with E-state index in [0.717, 1.165) is 26.5 Å². The fraction of sp³-hybridized carbons (Fsp3) is 0.0526. The summed E-state index contributed by atoms with van der Waals surface area (Å²) in [6.07, 6.45) is 0. The molecule has 0 bridgehead atoms. The Bertz CT molecular complexity index is 939. The molecular formula is C19H14N2OS2. The Hall–Kier alpha value is -2.50. The summed E-state index contributed by atoms with van der Waals surface area (Å²) in [5.74, 6) is -0.0275. The summed E-state index contributed by atoms with van der Waals surface area (Å²) < 4.78 is 1.19. The van der Waals surface area contributed by atoms with Gasteiger partial charge in [0.25, 0.3) is 5.91 Å². The zero-order valence-corrected chi connectivity index (χ0v) is 14.4. The summed E-state index contributed by atoms with van der Waals surface area (Å²) in [5, 5.41) is 5.86. The molecule has 4 rings (SSSR count). The Balaban J connectivity index is 1.47. The van der Waals surface area contributed by atoms with Crippen LogP contribution in [0.25, 0.3) is 20.8 Å². The fourth-order valence-corrected chi connectivity index (χ4v) is 4.05. The third kappa shape index (κ3) is 3.09. The van der Waals surface area contributed by atoms with Crippen LogP contribution in [0.15, 0.2) is 66.0 Å². The lowest BCUT2D eigenvalue weighted by atomic mass is 10.1. The Labute approximate surface area is 147 Å². The Morgan fingerprint density at radius 1 is 1.00 bits per heavy atom. The minimum Gasteiger partial charge on any atom is -0.347 e. The average Bonchev–Trinajstić information content (AvgIpc) is 3.29. The highest BCUT2D eigenvalue weighted by Gasteiger charge is 2.07. The van der Waals surface area contributed by atoms with Crippen molar-refractivity contribution in [3.8, 4) is 10.6 Å². The molecule has 24 heavy (non-hydrogen) atoms. The smallest absolute Gasteiger partial charge is 0.261 e. The number of hydrogen-bond donors (Lipinski definition) is 1. The largest absolute Gasteiger partial charge is 0.347 e. The number of para-hydroxylation sites is 1. The summed E-state index contributed by atoms with van der Waals surface area (Å²) in [6, 6.07) is 20.1. The van der Waals surface area contributed by atoms with Crippen molar-refractivity contribution in [2.24, 2.45) is 0 Å². The number of carbonyl (C=O) groups is 1. The lowest BCUT2D eigenvalue weighted by molar-refractivity contribution is 0.0955. The number of fused-ring (bicyclic) bond motifs is 1. The lowest BCUT2D eigenvalue weighted by Crippen LogP contribution is -2.21. The molecule has 0 fully saturated rings. The van der Waals surface area contributed by atoms with Gasteiger partial charge in [0.05, 0.1) is 15.1 Å². The van der Waals surface area contributed by atoms with Gasteiger partial charge in [-0.15, -0.1) is 22.7 Å². The molecule has 0 atom stereocenters. The molecule has 3 nitrogen and oxygen atoms in total. The lowest BCUT2D eigenvalue weighted by Gasteiger charge is -2.04. The van der Waals surface area contributed by atoms with Crippen LogP contribution in [0.2, 0.25) is 0 Å². The minimum absolute atomic E-state index is 0.0275. The first-order chi connectivity index (χ1) is 11.8. The first kappa shape index (κ1) is 15.1. The first-order valence-corrected chi connectivity index (χ1v) is 9.26. The van der Waals surface area contributed by atoms with Gasteiger partial charge in [-0.3, -0.25) is 4.79 Å². The molecule has 0 saturated carbocycles. The van der Waals surface area contributed by atoms with Gasteiger partial charge in [-0.2, -0.15) is 0 Å². The fourth-order valence-electron chi connectivity index (χ4n) is 2.44. The number of nitrogens with one attached hydrogen (secondary N) is 1. The van der Waals surface area contributed by atoms with E-state index in [4.69, 9.17) is 0 Å². The van der Waals surface area contributed by atoms with E-state index in [-0.39, 0.29) is 5.91 Å². The van der Waals surface area contributed by atoms with E-state index in [1.165, 1.54) is 16.0 Å². The predicted octanol–water partition coefficient (Wildman–Crippen LogP) is 4.95. The van der Waals surface area contributed by atoms with Crippen LogP contribution in [-0.4, -0.2) is 10.9 Å². The molecule has 4 aromatic rings. The molecule has 5 heteroatoms. The van der Waals surface area contributed by atoms with E-state index in [9.17, 15) is 4.79 Å². The molecule has 0 radical (unpaired) electrons. The molecule has 0 saturated heterocycles. The van der Waals surface area contributed by atoms with E-state index in [0.29, 0.717) is 6.54 Å². The number of aromatic nitrogens is 1. The first-order valence-electron chi connectivity index (χ1n) is 7.56. The van der Waals surface area contributed by atoms with E-state index < -0.39 is 0 Å². The molecule has 0 aliphatic heterocycles. The van der Waals surface area contributed by atoms with E-state index in [2.05, 4.69) is 28.5 Å². The van der Waals surface area contributed by atoms with Gasteiger partial charge in [0.15, 0.2) is 0 Å². The summed E-state index contributed by atoms with van der Waals surface area (Å²) in [5.41, 5.74) is 3.21. The number of hydrogen-bond acceptors (Lipinski definition) is 4. The molecule has 0 spiro atoms. The van der Waals surface area contributed by atoms with Crippen LogP contribution in [0.5, 0.6) is 0 Å². The monoisotopic (exact) mass is 350 g/mol. The predicted molar refractivity (Wildman–Crippen MR) is 101 cm³/mol. The van der Waals surface area contributed by atoms with Crippen LogP contribution in [0.4, 0.5) is 0 Å². The third-order valence-corrected chi connectivity index (χ3v) is 5.65. The molecule has 118 valence electrons. The van der Waals surface area contributed by atoms with Crippen LogP contribution in [0, 0.1) is 0 Å². The standard InChI is InChI=1S/C19H14N2OS2/c22-18(17-6-3-11-23-17)20-12-13-7-9-14(10-8-13)19-21-15-4-1-2-5-16(15)24-19/h1-11H,12H2,(H,20,22). The number of thiophene rings is 1. The van der Waals surface area contributed by atoms with Crippen molar-refractivity contribution in [2.75, 3.05) is 0 Å². The topological polar surface area (TPSA) is 42.0 Å². The van der Waals surface area contributed by atoms with Gasteiger partial charge in [0.2, 0.25) is 0 Å². The summed E-state index contributed by atoms with van der Waals surface area (Å²) in [4.78, 5) is 17.4. The van der Waals surface area contributed by atoms with Crippen molar-refractivity contribution in [1.82, 2.24) is 10.3 Å². The number of rotatable bonds is 4. The quantitative estimate of drug-likeness (QED) is 0.565. The zero-order chi connectivity index (χ0) is 16.4. The average molecular weight is 350 g/mol. The van der Waals surface area contributed by atoms with Gasteiger partial charge >= 0.3 is 0 Å². The van der Waals surface area contributed by atoms with Gasteiger partial charge in [-0.1, -0.05) is 42.5 Å². The summed E-state index contributed by atoms with van der Waals surface area (Å²) in [7, 11) is 0. The summed E-state index contributed by atoms with van der Waals surface area (Å²) >= 11 is 3.14. The van der Waals surface area contributed by atoms with Gasteiger partial charge < -0.3 is 5.32 Å². The van der Waals surface area contributed by atoms with Gasteiger partial charge in [0.1, 0.15) is 5.01 Å². The maximum atomic E-state index is 12.0. The second-order valence-corrected chi connectivity index (χ2v) is 7.32. The van der Waals surface area contributed by atoms with E-state index >= 15 is 0 Å². The molecule has 2 aromatic carbocycles. The van der Waals surface area contributed by atoms with Gasteiger partial charge in [-0.25, -0.2) is 4.98 Å².